The minimum absolute atomic E-state index is 0.137. The summed E-state index contributed by atoms with van der Waals surface area (Å²) in [7, 11) is -4.29. The summed E-state index contributed by atoms with van der Waals surface area (Å²) in [4.78, 5) is 14.5. The molecule has 4 rings (SSSR count). The maximum atomic E-state index is 13.4. The third-order valence-electron chi connectivity index (χ3n) is 5.51. The number of nitrogens with zero attached hydrogens (tertiary/aromatic N) is 1. The maximum Gasteiger partial charge on any atom is 0.416 e. The molecule has 0 radical (unpaired) electrons. The van der Waals surface area contributed by atoms with Gasteiger partial charge >= 0.3 is 6.18 Å². The highest BCUT2D eigenvalue weighted by Gasteiger charge is 2.31. The van der Waals surface area contributed by atoms with Crippen molar-refractivity contribution in [1.29, 1.82) is 0 Å². The Morgan fingerprint density at radius 2 is 1.63 bits per heavy atom. The second-order valence-corrected chi connectivity index (χ2v) is 10.5. The van der Waals surface area contributed by atoms with E-state index >= 15 is 0 Å². The fourth-order valence-corrected chi connectivity index (χ4v) is 5.61. The molecule has 3 aromatic rings. The first-order valence-electron chi connectivity index (χ1n) is 10.7. The summed E-state index contributed by atoms with van der Waals surface area (Å²) < 4.78 is 68.9. The number of carbonyl (C=O) groups is 1. The molecule has 0 aromatic heterocycles. The molecule has 6 nitrogen and oxygen atoms in total. The third kappa shape index (κ3) is 5.79. The maximum absolute atomic E-state index is 13.4. The molecule has 1 saturated heterocycles. The molecule has 0 saturated carbocycles. The summed E-state index contributed by atoms with van der Waals surface area (Å²) in [6, 6.07) is 15.3. The number of hydrogen-bond donors (Lipinski definition) is 2. The van der Waals surface area contributed by atoms with Crippen molar-refractivity contribution < 1.29 is 26.4 Å². The van der Waals surface area contributed by atoms with Crippen molar-refractivity contribution in [2.24, 2.45) is 0 Å². The van der Waals surface area contributed by atoms with Crippen LogP contribution in [-0.4, -0.2) is 27.4 Å². The Morgan fingerprint density at radius 3 is 2.31 bits per heavy atom. The van der Waals surface area contributed by atoms with Crippen LogP contribution in [0.5, 0.6) is 0 Å². The van der Waals surface area contributed by atoms with Gasteiger partial charge in [-0.25, -0.2) is 8.42 Å². The van der Waals surface area contributed by atoms with Crippen LogP contribution >= 0.6 is 15.9 Å². The Labute approximate surface area is 209 Å². The molecular formula is C24H21BrF3N3O3S. The predicted molar refractivity (Wildman–Crippen MR) is 132 cm³/mol. The molecule has 184 valence electrons. The highest BCUT2D eigenvalue weighted by atomic mass is 79.9. The smallest absolute Gasteiger partial charge is 0.370 e. The zero-order valence-electron chi connectivity index (χ0n) is 18.3. The van der Waals surface area contributed by atoms with Crippen molar-refractivity contribution in [1.82, 2.24) is 0 Å². The fraction of sp³-hybridized carbons (Fsp3) is 0.208. The molecule has 0 unspecified atom stereocenters. The number of anilines is 3. The average Bonchev–Trinajstić information content (AvgIpc) is 3.33. The van der Waals surface area contributed by atoms with Crippen LogP contribution in [0.2, 0.25) is 0 Å². The van der Waals surface area contributed by atoms with Crippen molar-refractivity contribution >= 4 is 48.9 Å². The number of carbonyl (C=O) groups excluding carboxylic acids is 1. The van der Waals surface area contributed by atoms with E-state index in [0.29, 0.717) is 28.8 Å². The van der Waals surface area contributed by atoms with Crippen LogP contribution in [0.15, 0.2) is 76.1 Å². The quantitative estimate of drug-likeness (QED) is 0.376. The normalized spacial score (nSPS) is 14.1. The zero-order chi connectivity index (χ0) is 25.2. The van der Waals surface area contributed by atoms with Gasteiger partial charge in [-0.15, -0.1) is 0 Å². The van der Waals surface area contributed by atoms with Gasteiger partial charge in [-0.2, -0.15) is 13.2 Å². The van der Waals surface area contributed by atoms with Crippen molar-refractivity contribution in [2.75, 3.05) is 28.0 Å². The van der Waals surface area contributed by atoms with Crippen LogP contribution < -0.4 is 14.9 Å². The van der Waals surface area contributed by atoms with E-state index in [9.17, 15) is 26.4 Å². The average molecular weight is 568 g/mol. The van der Waals surface area contributed by atoms with Gasteiger partial charge in [0.1, 0.15) is 4.90 Å². The highest BCUT2D eigenvalue weighted by Crippen LogP contribution is 2.34. The van der Waals surface area contributed by atoms with Crippen LogP contribution in [0.1, 0.15) is 28.8 Å². The predicted octanol–water partition coefficient (Wildman–Crippen LogP) is 6.12. The Morgan fingerprint density at radius 1 is 0.914 bits per heavy atom. The first-order valence-corrected chi connectivity index (χ1v) is 13.0. The summed E-state index contributed by atoms with van der Waals surface area (Å²) in [6.45, 7) is 1.30. The van der Waals surface area contributed by atoms with Gasteiger partial charge in [0.25, 0.3) is 15.9 Å². The number of halogens is 4. The first-order chi connectivity index (χ1) is 16.5. The standard InChI is InChI=1S/C24H21BrF3N3O3S/c25-20-9-2-1-8-19(20)23(32)29-17-10-11-21(31-12-3-4-13-31)22(15-17)35(33,34)30-18-7-5-6-16(14-18)24(26,27)28/h1-2,5-11,14-15,30H,3-4,12-13H2,(H,29,32). The SMILES string of the molecule is O=C(Nc1ccc(N2CCCC2)c(S(=O)(=O)Nc2cccc(C(F)(F)F)c2)c1)c1ccccc1Br. The lowest BCUT2D eigenvalue weighted by molar-refractivity contribution is -0.137. The Hall–Kier alpha value is -3.05. The molecule has 0 aliphatic carbocycles. The highest BCUT2D eigenvalue weighted by molar-refractivity contribution is 9.10. The fourth-order valence-electron chi connectivity index (χ4n) is 3.84. The lowest BCUT2D eigenvalue weighted by Crippen LogP contribution is -2.23. The minimum Gasteiger partial charge on any atom is -0.370 e. The van der Waals surface area contributed by atoms with Crippen LogP contribution in [0.3, 0.4) is 0 Å². The van der Waals surface area contributed by atoms with Crippen molar-refractivity contribution in [2.45, 2.75) is 23.9 Å². The van der Waals surface area contributed by atoms with Crippen LogP contribution in [0.25, 0.3) is 0 Å². The zero-order valence-corrected chi connectivity index (χ0v) is 20.7. The van der Waals surface area contributed by atoms with Crippen molar-refractivity contribution in [3.8, 4) is 0 Å². The minimum atomic E-state index is -4.61. The van der Waals surface area contributed by atoms with Crippen LogP contribution in [0, 0.1) is 0 Å². The van der Waals surface area contributed by atoms with E-state index in [1.54, 1.807) is 36.4 Å². The van der Waals surface area contributed by atoms with Gasteiger partial charge in [0.2, 0.25) is 0 Å². The molecule has 11 heteroatoms. The number of rotatable bonds is 6. The molecule has 2 N–H and O–H groups in total. The summed E-state index contributed by atoms with van der Waals surface area (Å²) in [5.74, 6) is -0.444. The van der Waals surface area contributed by atoms with E-state index in [2.05, 4.69) is 26.0 Å². The summed E-state index contributed by atoms with van der Waals surface area (Å²) in [5.41, 5.74) is -0.164. The monoisotopic (exact) mass is 567 g/mol. The van der Waals surface area contributed by atoms with Gasteiger partial charge in [0.15, 0.2) is 0 Å². The lowest BCUT2D eigenvalue weighted by atomic mass is 10.2. The van der Waals surface area contributed by atoms with Crippen LogP contribution in [0.4, 0.5) is 30.2 Å². The molecule has 0 spiro atoms. The van der Waals surface area contributed by atoms with Gasteiger partial charge in [0.05, 0.1) is 16.8 Å². The number of hydrogen-bond acceptors (Lipinski definition) is 4. The Balaban J connectivity index is 1.69. The van der Waals surface area contributed by atoms with Gasteiger partial charge in [-0.1, -0.05) is 18.2 Å². The van der Waals surface area contributed by atoms with E-state index in [0.717, 1.165) is 31.0 Å². The molecule has 1 fully saturated rings. The molecule has 1 heterocycles. The van der Waals surface area contributed by atoms with Crippen molar-refractivity contribution in [3.63, 3.8) is 0 Å². The summed E-state index contributed by atoms with van der Waals surface area (Å²) >= 11 is 3.32. The van der Waals surface area contributed by atoms with E-state index in [1.165, 1.54) is 12.1 Å². The molecular weight excluding hydrogens is 547 g/mol. The number of alkyl halides is 3. The molecule has 1 aliphatic rings. The van der Waals surface area contributed by atoms with Crippen molar-refractivity contribution in [3.05, 3.63) is 82.3 Å². The van der Waals surface area contributed by atoms with E-state index < -0.39 is 27.7 Å². The third-order valence-corrected chi connectivity index (χ3v) is 7.62. The molecule has 0 bridgehead atoms. The van der Waals surface area contributed by atoms with E-state index in [4.69, 9.17) is 0 Å². The lowest BCUT2D eigenvalue weighted by Gasteiger charge is -2.22. The summed E-state index contributed by atoms with van der Waals surface area (Å²) in [5, 5.41) is 2.69. The van der Waals surface area contributed by atoms with E-state index in [-0.39, 0.29) is 16.3 Å². The topological polar surface area (TPSA) is 78.5 Å². The van der Waals surface area contributed by atoms with E-state index in [1.807, 2.05) is 4.90 Å². The molecule has 1 aliphatic heterocycles. The second-order valence-electron chi connectivity index (χ2n) is 7.99. The van der Waals surface area contributed by atoms with Gasteiger partial charge in [0, 0.05) is 28.9 Å². The molecule has 3 aromatic carbocycles. The number of amides is 1. The number of nitrogens with one attached hydrogen (secondary N) is 2. The first kappa shape index (κ1) is 25.1. The van der Waals surface area contributed by atoms with Gasteiger partial charge in [-0.05, 0) is 77.3 Å². The Kier molecular flexibility index (Phi) is 7.09. The van der Waals surface area contributed by atoms with Gasteiger partial charge < -0.3 is 10.2 Å². The molecule has 1 amide bonds. The number of sulfonamides is 1. The molecule has 35 heavy (non-hydrogen) atoms. The van der Waals surface area contributed by atoms with Crippen LogP contribution in [-0.2, 0) is 16.2 Å². The largest absolute Gasteiger partial charge is 0.416 e. The van der Waals surface area contributed by atoms with Gasteiger partial charge in [-0.3, -0.25) is 9.52 Å². The second kappa shape index (κ2) is 9.90. The summed E-state index contributed by atoms with van der Waals surface area (Å²) in [6.07, 6.45) is -2.83. The number of benzene rings is 3. The molecule has 0 atom stereocenters. The Bertz CT molecular complexity index is 1360.